The highest BCUT2D eigenvalue weighted by atomic mass is 16.6. The molecular weight excluding hydrogens is 304 g/mol. The minimum atomic E-state index is -0.704. The maximum atomic E-state index is 13.3. The van der Waals surface area contributed by atoms with Crippen molar-refractivity contribution in [2.24, 2.45) is 22.2 Å². The number of hydrogen-bond acceptors (Lipinski definition) is 4. The van der Waals surface area contributed by atoms with Crippen LogP contribution in [0.15, 0.2) is 0 Å². The van der Waals surface area contributed by atoms with Gasteiger partial charge in [-0.25, -0.2) is 0 Å². The molecule has 4 heteroatoms. The van der Waals surface area contributed by atoms with Gasteiger partial charge in [-0.05, 0) is 43.9 Å². The summed E-state index contributed by atoms with van der Waals surface area (Å²) in [6.45, 7) is 16.7. The lowest BCUT2D eigenvalue weighted by atomic mass is 9.61. The topological polar surface area (TPSA) is 52.6 Å². The Morgan fingerprint density at radius 1 is 1.21 bits per heavy atom. The molecular formula is C20H34O4. The molecule has 4 atom stereocenters. The molecule has 24 heavy (non-hydrogen) atoms. The third-order valence-electron chi connectivity index (χ3n) is 6.08. The Hall–Kier alpha value is -1.06. The number of carbonyl (C=O) groups is 2. The molecule has 2 rings (SSSR count). The first kappa shape index (κ1) is 19.3. The number of carbonyl (C=O) groups excluding carboxylic acids is 2. The van der Waals surface area contributed by atoms with Crippen LogP contribution in [0.1, 0.15) is 81.1 Å². The zero-order valence-corrected chi connectivity index (χ0v) is 16.6. The molecule has 2 aliphatic rings. The van der Waals surface area contributed by atoms with Gasteiger partial charge in [0.1, 0.15) is 11.7 Å². The summed E-state index contributed by atoms with van der Waals surface area (Å²) in [7, 11) is 0. The Morgan fingerprint density at radius 3 is 2.29 bits per heavy atom. The van der Waals surface area contributed by atoms with E-state index in [2.05, 4.69) is 41.5 Å². The molecule has 138 valence electrons. The largest absolute Gasteiger partial charge is 0.458 e. The normalized spacial score (nSPS) is 32.9. The van der Waals surface area contributed by atoms with Gasteiger partial charge in [-0.2, -0.15) is 0 Å². The van der Waals surface area contributed by atoms with E-state index in [0.717, 1.165) is 12.8 Å². The number of fused-ring (bicyclic) bond motifs is 2. The Bertz CT molecular complexity index is 525. The monoisotopic (exact) mass is 338 g/mol. The van der Waals surface area contributed by atoms with Crippen molar-refractivity contribution in [3.05, 3.63) is 0 Å². The average Bonchev–Trinajstić information content (AvgIpc) is 2.70. The standard InChI is InChI=1S/C20H34O4/c1-17(2,3)12-19(7,18(4,5)6)16(22)24-20(8)10-9-13-11-14(20)23-15(13)21/h13-14H,9-12H2,1-8H3. The van der Waals surface area contributed by atoms with Crippen LogP contribution in [0.3, 0.4) is 0 Å². The van der Waals surface area contributed by atoms with E-state index in [0.29, 0.717) is 12.8 Å². The first-order valence-electron chi connectivity index (χ1n) is 9.12. The molecule has 1 aliphatic heterocycles. The highest BCUT2D eigenvalue weighted by Crippen LogP contribution is 2.50. The molecule has 1 heterocycles. The predicted octanol–water partition coefficient (Wildman–Crippen LogP) is 4.50. The zero-order valence-electron chi connectivity index (χ0n) is 16.6. The summed E-state index contributed by atoms with van der Waals surface area (Å²) >= 11 is 0. The van der Waals surface area contributed by atoms with Gasteiger partial charge in [0.2, 0.25) is 0 Å². The molecule has 0 aromatic rings. The summed E-state index contributed by atoms with van der Waals surface area (Å²) in [6, 6.07) is 0. The van der Waals surface area contributed by atoms with E-state index < -0.39 is 11.0 Å². The van der Waals surface area contributed by atoms with Gasteiger partial charge >= 0.3 is 11.9 Å². The van der Waals surface area contributed by atoms with Crippen LogP contribution in [0.4, 0.5) is 0 Å². The van der Waals surface area contributed by atoms with Crippen LogP contribution in [0.2, 0.25) is 0 Å². The van der Waals surface area contributed by atoms with Crippen LogP contribution in [0, 0.1) is 22.2 Å². The first-order valence-corrected chi connectivity index (χ1v) is 9.12. The van der Waals surface area contributed by atoms with Gasteiger partial charge in [-0.3, -0.25) is 9.59 Å². The van der Waals surface area contributed by atoms with Crippen molar-refractivity contribution in [2.75, 3.05) is 0 Å². The van der Waals surface area contributed by atoms with Gasteiger partial charge < -0.3 is 9.47 Å². The summed E-state index contributed by atoms with van der Waals surface area (Å²) in [5.74, 6) is -0.313. The molecule has 1 saturated heterocycles. The summed E-state index contributed by atoms with van der Waals surface area (Å²) in [5.41, 5.74) is -1.52. The van der Waals surface area contributed by atoms with E-state index >= 15 is 0 Å². The third kappa shape index (κ3) is 3.48. The Balaban J connectivity index is 2.23. The van der Waals surface area contributed by atoms with Crippen molar-refractivity contribution < 1.29 is 19.1 Å². The van der Waals surface area contributed by atoms with Crippen LogP contribution in [0.5, 0.6) is 0 Å². The van der Waals surface area contributed by atoms with E-state index in [1.165, 1.54) is 0 Å². The highest BCUT2D eigenvalue weighted by Gasteiger charge is 2.55. The summed E-state index contributed by atoms with van der Waals surface area (Å²) in [5, 5.41) is 0. The fourth-order valence-electron chi connectivity index (χ4n) is 4.02. The number of hydrogen-bond donors (Lipinski definition) is 0. The van der Waals surface area contributed by atoms with Crippen molar-refractivity contribution in [3.63, 3.8) is 0 Å². The second-order valence-corrected chi connectivity index (χ2v) is 10.4. The van der Waals surface area contributed by atoms with Gasteiger partial charge in [-0.15, -0.1) is 0 Å². The minimum absolute atomic E-state index is 0.00893. The van der Waals surface area contributed by atoms with Crippen molar-refractivity contribution in [1.82, 2.24) is 0 Å². The molecule has 4 nitrogen and oxygen atoms in total. The third-order valence-corrected chi connectivity index (χ3v) is 6.08. The van der Waals surface area contributed by atoms with Crippen molar-refractivity contribution in [2.45, 2.75) is 92.8 Å². The first-order chi connectivity index (χ1) is 10.7. The molecule has 0 spiro atoms. The van der Waals surface area contributed by atoms with Gasteiger partial charge in [0.15, 0.2) is 0 Å². The summed E-state index contributed by atoms with van der Waals surface area (Å²) in [6.07, 6.45) is 2.55. The van der Waals surface area contributed by atoms with Gasteiger partial charge in [-0.1, -0.05) is 41.5 Å². The Kier molecular flexibility index (Phi) is 4.61. The van der Waals surface area contributed by atoms with E-state index in [-0.39, 0.29) is 34.8 Å². The van der Waals surface area contributed by atoms with Crippen molar-refractivity contribution in [1.29, 1.82) is 0 Å². The molecule has 1 aliphatic carbocycles. The lowest BCUT2D eigenvalue weighted by Gasteiger charge is -2.46. The van der Waals surface area contributed by atoms with E-state index in [9.17, 15) is 9.59 Å². The molecule has 1 saturated carbocycles. The van der Waals surface area contributed by atoms with E-state index in [1.54, 1.807) is 0 Å². The molecule has 0 radical (unpaired) electrons. The molecule has 0 aromatic heterocycles. The molecule has 2 bridgehead atoms. The average molecular weight is 338 g/mol. The molecule has 0 amide bonds. The van der Waals surface area contributed by atoms with Crippen LogP contribution in [0.25, 0.3) is 0 Å². The predicted molar refractivity (Wildman–Crippen MR) is 93.4 cm³/mol. The van der Waals surface area contributed by atoms with Crippen LogP contribution in [-0.2, 0) is 19.1 Å². The lowest BCUT2D eigenvalue weighted by molar-refractivity contribution is -0.194. The number of esters is 2. The van der Waals surface area contributed by atoms with Crippen molar-refractivity contribution >= 4 is 11.9 Å². The maximum Gasteiger partial charge on any atom is 0.313 e. The highest BCUT2D eigenvalue weighted by molar-refractivity contribution is 5.79. The molecule has 4 unspecified atom stereocenters. The Labute approximate surface area is 146 Å². The second-order valence-electron chi connectivity index (χ2n) is 10.4. The molecule has 2 fully saturated rings. The molecule has 0 N–H and O–H groups in total. The van der Waals surface area contributed by atoms with Gasteiger partial charge in [0, 0.05) is 6.42 Å². The smallest absolute Gasteiger partial charge is 0.313 e. The van der Waals surface area contributed by atoms with Crippen LogP contribution in [-0.4, -0.2) is 23.6 Å². The second kappa shape index (κ2) is 5.74. The number of ether oxygens (including phenoxy) is 2. The fraction of sp³-hybridized carbons (Fsp3) is 0.900. The fourth-order valence-corrected chi connectivity index (χ4v) is 4.02. The van der Waals surface area contributed by atoms with Crippen LogP contribution >= 0.6 is 0 Å². The summed E-state index contributed by atoms with van der Waals surface area (Å²) < 4.78 is 11.6. The van der Waals surface area contributed by atoms with E-state index in [4.69, 9.17) is 9.47 Å². The van der Waals surface area contributed by atoms with Gasteiger partial charge in [0.25, 0.3) is 0 Å². The molecule has 0 aromatic carbocycles. The van der Waals surface area contributed by atoms with Crippen LogP contribution < -0.4 is 0 Å². The Morgan fingerprint density at radius 2 is 1.79 bits per heavy atom. The van der Waals surface area contributed by atoms with E-state index in [1.807, 2.05) is 13.8 Å². The lowest BCUT2D eigenvalue weighted by Crippen LogP contribution is -2.51. The zero-order chi connectivity index (χ0) is 18.6. The minimum Gasteiger partial charge on any atom is -0.458 e. The van der Waals surface area contributed by atoms with Gasteiger partial charge in [0.05, 0.1) is 11.3 Å². The quantitative estimate of drug-likeness (QED) is 0.711. The maximum absolute atomic E-state index is 13.3. The summed E-state index contributed by atoms with van der Waals surface area (Å²) in [4.78, 5) is 25.1. The number of rotatable bonds is 3. The van der Waals surface area contributed by atoms with Crippen molar-refractivity contribution in [3.8, 4) is 0 Å². The SMILES string of the molecule is CC(C)(C)CC(C)(C(=O)OC1(C)CCC2CC1OC2=O)C(C)(C)C.